The van der Waals surface area contributed by atoms with E-state index in [0.29, 0.717) is 12.5 Å². The average molecular weight is 222 g/mol. The van der Waals surface area contributed by atoms with Crippen LogP contribution in [0.3, 0.4) is 0 Å². The molecular weight excluding hydrogens is 200 g/mol. The fraction of sp³-hybridized carbons (Fsp3) is 0.615. The Labute approximate surface area is 98.1 Å². The van der Waals surface area contributed by atoms with E-state index in [2.05, 4.69) is 16.0 Å². The highest BCUT2D eigenvalue weighted by atomic mass is 16.3. The molecule has 0 spiro atoms. The van der Waals surface area contributed by atoms with E-state index in [9.17, 15) is 0 Å². The third kappa shape index (κ3) is 3.49. The second-order valence-electron chi connectivity index (χ2n) is 3.82. The van der Waals surface area contributed by atoms with Gasteiger partial charge in [-0.3, -0.25) is 4.98 Å². The first kappa shape index (κ1) is 13.0. The first-order chi connectivity index (χ1) is 7.90. The summed E-state index contributed by atoms with van der Waals surface area (Å²) in [6.45, 7) is 6.41. The standard InChI is InChI=1S/C11H16N2O.C2H6/c14-9-10-3-6-13(7-4-10)11-2-1-5-12-8-11;1-2/h1-2,5,8,10,14H,3-4,6-7,9H2;1-2H3. The lowest BCUT2D eigenvalue weighted by atomic mass is 9.98. The van der Waals surface area contributed by atoms with Gasteiger partial charge in [0.25, 0.3) is 0 Å². The molecule has 1 aromatic heterocycles. The van der Waals surface area contributed by atoms with Crippen LogP contribution in [0.25, 0.3) is 0 Å². The van der Waals surface area contributed by atoms with E-state index >= 15 is 0 Å². The number of hydrogen-bond donors (Lipinski definition) is 1. The Morgan fingerprint density at radius 1 is 1.38 bits per heavy atom. The number of pyridine rings is 1. The second-order valence-corrected chi connectivity index (χ2v) is 3.82. The van der Waals surface area contributed by atoms with Gasteiger partial charge in [-0.25, -0.2) is 0 Å². The molecule has 3 nitrogen and oxygen atoms in total. The number of rotatable bonds is 2. The summed E-state index contributed by atoms with van der Waals surface area (Å²) in [6.07, 6.45) is 5.88. The number of hydrogen-bond acceptors (Lipinski definition) is 3. The number of piperidine rings is 1. The quantitative estimate of drug-likeness (QED) is 0.834. The molecule has 0 amide bonds. The van der Waals surface area contributed by atoms with Crippen LogP contribution in [0.4, 0.5) is 5.69 Å². The fourth-order valence-electron chi connectivity index (χ4n) is 1.91. The van der Waals surface area contributed by atoms with Gasteiger partial charge in [0.05, 0.1) is 11.9 Å². The summed E-state index contributed by atoms with van der Waals surface area (Å²) in [5, 5.41) is 9.02. The van der Waals surface area contributed by atoms with E-state index in [1.165, 1.54) is 5.69 Å². The van der Waals surface area contributed by atoms with Gasteiger partial charge in [0.1, 0.15) is 0 Å². The second kappa shape index (κ2) is 7.23. The van der Waals surface area contributed by atoms with Crippen molar-refractivity contribution in [1.82, 2.24) is 4.98 Å². The van der Waals surface area contributed by atoms with Gasteiger partial charge in [0.2, 0.25) is 0 Å². The van der Waals surface area contributed by atoms with Gasteiger partial charge in [-0.2, -0.15) is 0 Å². The van der Waals surface area contributed by atoms with Crippen LogP contribution in [0.2, 0.25) is 0 Å². The molecule has 0 atom stereocenters. The smallest absolute Gasteiger partial charge is 0.0552 e. The van der Waals surface area contributed by atoms with Crippen LogP contribution in [0.5, 0.6) is 0 Å². The van der Waals surface area contributed by atoms with E-state index < -0.39 is 0 Å². The molecule has 1 aromatic rings. The fourth-order valence-corrected chi connectivity index (χ4v) is 1.91. The normalized spacial score (nSPS) is 16.6. The minimum atomic E-state index is 0.334. The van der Waals surface area contributed by atoms with Crippen LogP contribution in [0.15, 0.2) is 24.5 Å². The van der Waals surface area contributed by atoms with Gasteiger partial charge in [0.15, 0.2) is 0 Å². The zero-order valence-corrected chi connectivity index (χ0v) is 10.3. The number of aliphatic hydroxyl groups is 1. The first-order valence-corrected chi connectivity index (χ1v) is 6.16. The van der Waals surface area contributed by atoms with Crippen LogP contribution in [-0.2, 0) is 0 Å². The van der Waals surface area contributed by atoms with E-state index in [-0.39, 0.29) is 0 Å². The van der Waals surface area contributed by atoms with Crippen LogP contribution in [0, 0.1) is 5.92 Å². The van der Waals surface area contributed by atoms with Gasteiger partial charge < -0.3 is 10.0 Å². The third-order valence-corrected chi connectivity index (χ3v) is 2.88. The van der Waals surface area contributed by atoms with Crippen molar-refractivity contribution in [2.24, 2.45) is 5.92 Å². The third-order valence-electron chi connectivity index (χ3n) is 2.88. The molecule has 0 aromatic carbocycles. The predicted octanol–water partition coefficient (Wildman–Crippen LogP) is 2.32. The van der Waals surface area contributed by atoms with Gasteiger partial charge >= 0.3 is 0 Å². The molecule has 1 aliphatic heterocycles. The molecule has 1 N–H and O–H groups in total. The molecular formula is C13H22N2O. The van der Waals surface area contributed by atoms with Crippen molar-refractivity contribution < 1.29 is 5.11 Å². The van der Waals surface area contributed by atoms with Crippen molar-refractivity contribution in [1.29, 1.82) is 0 Å². The van der Waals surface area contributed by atoms with Crippen molar-refractivity contribution in [3.05, 3.63) is 24.5 Å². The lowest BCUT2D eigenvalue weighted by Gasteiger charge is -2.32. The Kier molecular flexibility index (Phi) is 5.86. The largest absolute Gasteiger partial charge is 0.396 e. The van der Waals surface area contributed by atoms with Gasteiger partial charge in [-0.15, -0.1) is 0 Å². The van der Waals surface area contributed by atoms with Gasteiger partial charge in [0, 0.05) is 25.9 Å². The van der Waals surface area contributed by atoms with Crippen LogP contribution < -0.4 is 4.90 Å². The van der Waals surface area contributed by atoms with Crippen molar-refractivity contribution in [3.8, 4) is 0 Å². The summed E-state index contributed by atoms with van der Waals surface area (Å²) in [7, 11) is 0. The Bertz CT molecular complexity index is 269. The minimum absolute atomic E-state index is 0.334. The molecule has 0 aliphatic carbocycles. The maximum absolute atomic E-state index is 9.02. The molecule has 2 heterocycles. The van der Waals surface area contributed by atoms with Crippen molar-refractivity contribution in [2.75, 3.05) is 24.6 Å². The van der Waals surface area contributed by atoms with Crippen molar-refractivity contribution in [3.63, 3.8) is 0 Å². The van der Waals surface area contributed by atoms with Gasteiger partial charge in [-0.05, 0) is 30.9 Å². The molecule has 16 heavy (non-hydrogen) atoms. The number of anilines is 1. The molecule has 90 valence electrons. The maximum Gasteiger partial charge on any atom is 0.0552 e. The molecule has 0 radical (unpaired) electrons. The highest BCUT2D eigenvalue weighted by Gasteiger charge is 2.18. The molecule has 1 fully saturated rings. The summed E-state index contributed by atoms with van der Waals surface area (Å²) in [6, 6.07) is 4.06. The zero-order valence-electron chi connectivity index (χ0n) is 10.3. The Morgan fingerprint density at radius 3 is 2.56 bits per heavy atom. The van der Waals surface area contributed by atoms with Crippen LogP contribution in [0.1, 0.15) is 26.7 Å². The Hall–Kier alpha value is -1.09. The summed E-state index contributed by atoms with van der Waals surface area (Å²) in [4.78, 5) is 6.44. The minimum Gasteiger partial charge on any atom is -0.396 e. The molecule has 0 unspecified atom stereocenters. The zero-order chi connectivity index (χ0) is 11.8. The van der Waals surface area contributed by atoms with E-state index in [1.54, 1.807) is 6.20 Å². The predicted molar refractivity (Wildman–Crippen MR) is 67.6 cm³/mol. The van der Waals surface area contributed by atoms with Crippen LogP contribution >= 0.6 is 0 Å². The molecule has 0 bridgehead atoms. The lowest BCUT2D eigenvalue weighted by Crippen LogP contribution is -2.34. The monoisotopic (exact) mass is 222 g/mol. The molecule has 1 aliphatic rings. The molecule has 1 saturated heterocycles. The summed E-state index contributed by atoms with van der Waals surface area (Å²) < 4.78 is 0. The van der Waals surface area contributed by atoms with E-state index in [1.807, 2.05) is 26.1 Å². The van der Waals surface area contributed by atoms with Crippen molar-refractivity contribution >= 4 is 5.69 Å². The summed E-state index contributed by atoms with van der Waals surface area (Å²) >= 11 is 0. The Balaban J connectivity index is 0.000000606. The van der Waals surface area contributed by atoms with E-state index in [4.69, 9.17) is 5.11 Å². The number of nitrogens with zero attached hydrogens (tertiary/aromatic N) is 2. The maximum atomic E-state index is 9.02. The Morgan fingerprint density at radius 2 is 2.06 bits per heavy atom. The summed E-state index contributed by atoms with van der Waals surface area (Å²) in [5.41, 5.74) is 1.20. The van der Waals surface area contributed by atoms with E-state index in [0.717, 1.165) is 25.9 Å². The average Bonchev–Trinajstić information content (AvgIpc) is 2.42. The SMILES string of the molecule is CC.OCC1CCN(c2cccnc2)CC1. The molecule has 2 rings (SSSR count). The highest BCUT2D eigenvalue weighted by Crippen LogP contribution is 2.21. The topological polar surface area (TPSA) is 36.4 Å². The van der Waals surface area contributed by atoms with Crippen molar-refractivity contribution in [2.45, 2.75) is 26.7 Å². The lowest BCUT2D eigenvalue weighted by molar-refractivity contribution is 0.203. The van der Waals surface area contributed by atoms with Crippen LogP contribution in [-0.4, -0.2) is 29.8 Å². The number of aliphatic hydroxyl groups excluding tert-OH is 1. The summed E-state index contributed by atoms with van der Waals surface area (Å²) in [5.74, 6) is 0.503. The number of aromatic nitrogens is 1. The molecule has 3 heteroatoms. The van der Waals surface area contributed by atoms with Gasteiger partial charge in [-0.1, -0.05) is 13.8 Å². The first-order valence-electron chi connectivity index (χ1n) is 6.16. The highest BCUT2D eigenvalue weighted by molar-refractivity contribution is 5.43. The molecule has 0 saturated carbocycles.